The standard InChI is InChI=1S/C12H18N6O/c1-12(2,7-9-8-13-17-15-9)10-14-11(16-19-10)18-5-3-4-6-18/h8H,3-7H2,1-2H3,(H,13,15,17). The van der Waals surface area contributed by atoms with E-state index in [0.717, 1.165) is 18.8 Å². The van der Waals surface area contributed by atoms with E-state index in [2.05, 4.69) is 44.3 Å². The van der Waals surface area contributed by atoms with Gasteiger partial charge in [0.15, 0.2) is 0 Å². The van der Waals surface area contributed by atoms with E-state index in [4.69, 9.17) is 4.52 Å². The topological polar surface area (TPSA) is 83.7 Å². The Labute approximate surface area is 111 Å². The Morgan fingerprint density at radius 3 is 2.84 bits per heavy atom. The maximum absolute atomic E-state index is 5.43. The number of rotatable bonds is 4. The average molecular weight is 262 g/mol. The second kappa shape index (κ2) is 4.64. The van der Waals surface area contributed by atoms with Crippen LogP contribution in [0.2, 0.25) is 0 Å². The predicted molar refractivity (Wildman–Crippen MR) is 68.9 cm³/mol. The van der Waals surface area contributed by atoms with Crippen LogP contribution in [0.15, 0.2) is 10.7 Å². The molecule has 19 heavy (non-hydrogen) atoms. The number of hydrogen-bond donors (Lipinski definition) is 1. The Morgan fingerprint density at radius 1 is 1.37 bits per heavy atom. The maximum Gasteiger partial charge on any atom is 0.266 e. The van der Waals surface area contributed by atoms with Gasteiger partial charge in [0.1, 0.15) is 0 Å². The molecule has 102 valence electrons. The number of aromatic nitrogens is 5. The summed E-state index contributed by atoms with van der Waals surface area (Å²) in [6.45, 7) is 6.18. The first-order chi connectivity index (χ1) is 9.15. The lowest BCUT2D eigenvalue weighted by Gasteiger charge is -2.17. The summed E-state index contributed by atoms with van der Waals surface area (Å²) in [5.41, 5.74) is 0.646. The highest BCUT2D eigenvalue weighted by Gasteiger charge is 2.30. The fourth-order valence-electron chi connectivity index (χ4n) is 2.38. The van der Waals surface area contributed by atoms with Gasteiger partial charge in [0, 0.05) is 24.9 Å². The molecule has 2 aromatic heterocycles. The van der Waals surface area contributed by atoms with Crippen molar-refractivity contribution in [1.29, 1.82) is 0 Å². The molecule has 7 nitrogen and oxygen atoms in total. The number of nitrogens with zero attached hydrogens (tertiary/aromatic N) is 5. The van der Waals surface area contributed by atoms with Crippen LogP contribution in [0, 0.1) is 0 Å². The van der Waals surface area contributed by atoms with Gasteiger partial charge < -0.3 is 9.42 Å². The molecule has 1 N–H and O–H groups in total. The molecule has 0 radical (unpaired) electrons. The quantitative estimate of drug-likeness (QED) is 0.894. The molecule has 2 aromatic rings. The van der Waals surface area contributed by atoms with Crippen molar-refractivity contribution in [2.45, 2.75) is 38.5 Å². The lowest BCUT2D eigenvalue weighted by atomic mass is 9.88. The Balaban J connectivity index is 1.77. The van der Waals surface area contributed by atoms with E-state index in [1.165, 1.54) is 12.8 Å². The zero-order valence-electron chi connectivity index (χ0n) is 11.3. The smallest absolute Gasteiger partial charge is 0.266 e. The zero-order valence-corrected chi connectivity index (χ0v) is 11.3. The summed E-state index contributed by atoms with van der Waals surface area (Å²) in [5, 5.41) is 14.6. The van der Waals surface area contributed by atoms with Crippen molar-refractivity contribution in [3.63, 3.8) is 0 Å². The summed E-state index contributed by atoms with van der Waals surface area (Å²) in [6.07, 6.45) is 4.84. The Hall–Kier alpha value is -1.92. The molecule has 0 aliphatic carbocycles. The van der Waals surface area contributed by atoms with Crippen LogP contribution in [0.5, 0.6) is 0 Å². The van der Waals surface area contributed by atoms with Gasteiger partial charge in [-0.1, -0.05) is 13.8 Å². The third-order valence-electron chi connectivity index (χ3n) is 3.47. The Bertz CT molecular complexity index is 526. The van der Waals surface area contributed by atoms with Crippen LogP contribution in [0.25, 0.3) is 0 Å². The molecule has 3 rings (SSSR count). The van der Waals surface area contributed by atoms with Crippen molar-refractivity contribution in [1.82, 2.24) is 25.6 Å². The molecule has 1 aliphatic heterocycles. The predicted octanol–water partition coefficient (Wildman–Crippen LogP) is 1.31. The van der Waals surface area contributed by atoms with Crippen LogP contribution >= 0.6 is 0 Å². The van der Waals surface area contributed by atoms with Crippen molar-refractivity contribution in [3.8, 4) is 0 Å². The first-order valence-electron chi connectivity index (χ1n) is 6.59. The Morgan fingerprint density at radius 2 is 2.16 bits per heavy atom. The number of anilines is 1. The number of hydrogen-bond acceptors (Lipinski definition) is 6. The first-order valence-corrected chi connectivity index (χ1v) is 6.59. The molecular formula is C12H18N6O. The number of H-pyrrole nitrogens is 1. The minimum Gasteiger partial charge on any atom is -0.338 e. The van der Waals surface area contributed by atoms with Crippen molar-refractivity contribution in [3.05, 3.63) is 17.8 Å². The summed E-state index contributed by atoms with van der Waals surface area (Å²) < 4.78 is 5.43. The molecule has 1 fully saturated rings. The van der Waals surface area contributed by atoms with Gasteiger partial charge in [-0.05, 0) is 18.0 Å². The highest BCUT2D eigenvalue weighted by molar-refractivity contribution is 5.30. The van der Waals surface area contributed by atoms with Gasteiger partial charge in [-0.25, -0.2) is 0 Å². The highest BCUT2D eigenvalue weighted by Crippen LogP contribution is 2.27. The first kappa shape index (κ1) is 12.1. The summed E-state index contributed by atoms with van der Waals surface area (Å²) in [5.74, 6) is 1.36. The summed E-state index contributed by atoms with van der Waals surface area (Å²) in [7, 11) is 0. The zero-order chi connectivity index (χ0) is 13.3. The summed E-state index contributed by atoms with van der Waals surface area (Å²) in [6, 6.07) is 0. The molecule has 0 aromatic carbocycles. The monoisotopic (exact) mass is 262 g/mol. The van der Waals surface area contributed by atoms with E-state index in [1.54, 1.807) is 6.20 Å². The van der Waals surface area contributed by atoms with E-state index in [9.17, 15) is 0 Å². The molecule has 1 saturated heterocycles. The van der Waals surface area contributed by atoms with Gasteiger partial charge in [-0.2, -0.15) is 20.4 Å². The minimum atomic E-state index is -0.248. The molecule has 0 spiro atoms. The third-order valence-corrected chi connectivity index (χ3v) is 3.47. The molecule has 1 aliphatic rings. The van der Waals surface area contributed by atoms with E-state index in [-0.39, 0.29) is 5.41 Å². The normalized spacial score (nSPS) is 16.2. The van der Waals surface area contributed by atoms with Crippen LogP contribution in [0.4, 0.5) is 5.95 Å². The lowest BCUT2D eigenvalue weighted by molar-refractivity contribution is 0.304. The van der Waals surface area contributed by atoms with Gasteiger partial charge >= 0.3 is 0 Å². The van der Waals surface area contributed by atoms with E-state index < -0.39 is 0 Å². The molecule has 0 saturated carbocycles. The van der Waals surface area contributed by atoms with Crippen molar-refractivity contribution < 1.29 is 4.52 Å². The van der Waals surface area contributed by atoms with Gasteiger partial charge in [0.05, 0.1) is 11.9 Å². The van der Waals surface area contributed by atoms with Crippen molar-refractivity contribution in [2.24, 2.45) is 0 Å². The molecular weight excluding hydrogens is 244 g/mol. The van der Waals surface area contributed by atoms with Gasteiger partial charge in [-0.15, -0.1) is 0 Å². The second-order valence-corrected chi connectivity index (χ2v) is 5.62. The molecule has 0 bridgehead atoms. The fraction of sp³-hybridized carbons (Fsp3) is 0.667. The molecule has 0 unspecified atom stereocenters. The average Bonchev–Trinajstić information content (AvgIpc) is 3.11. The molecule has 7 heteroatoms. The van der Waals surface area contributed by atoms with Crippen LogP contribution in [-0.2, 0) is 11.8 Å². The summed E-state index contributed by atoms with van der Waals surface area (Å²) >= 11 is 0. The SMILES string of the molecule is CC(C)(Cc1cn[nH]n1)c1nc(N2CCCC2)no1. The molecule has 0 amide bonds. The Kier molecular flexibility index (Phi) is 2.96. The molecule has 3 heterocycles. The number of aromatic amines is 1. The van der Waals surface area contributed by atoms with Gasteiger partial charge in [0.25, 0.3) is 5.95 Å². The van der Waals surface area contributed by atoms with Gasteiger partial charge in [-0.3, -0.25) is 0 Å². The molecule has 0 atom stereocenters. The van der Waals surface area contributed by atoms with Crippen LogP contribution in [-0.4, -0.2) is 38.6 Å². The third kappa shape index (κ3) is 2.45. The highest BCUT2D eigenvalue weighted by atomic mass is 16.5. The van der Waals surface area contributed by atoms with Crippen LogP contribution < -0.4 is 4.90 Å². The van der Waals surface area contributed by atoms with E-state index >= 15 is 0 Å². The van der Waals surface area contributed by atoms with E-state index in [1.807, 2.05) is 0 Å². The van der Waals surface area contributed by atoms with Crippen LogP contribution in [0.1, 0.15) is 38.3 Å². The van der Waals surface area contributed by atoms with Crippen molar-refractivity contribution >= 4 is 5.95 Å². The van der Waals surface area contributed by atoms with Crippen molar-refractivity contribution in [2.75, 3.05) is 18.0 Å². The summed E-state index contributed by atoms with van der Waals surface area (Å²) in [4.78, 5) is 6.70. The minimum absolute atomic E-state index is 0.248. The second-order valence-electron chi connectivity index (χ2n) is 5.62. The largest absolute Gasteiger partial charge is 0.338 e. The van der Waals surface area contributed by atoms with E-state index in [0.29, 0.717) is 18.3 Å². The van der Waals surface area contributed by atoms with Gasteiger partial charge in [0.2, 0.25) is 5.89 Å². The number of nitrogens with one attached hydrogen (secondary N) is 1. The maximum atomic E-state index is 5.43. The van der Waals surface area contributed by atoms with Crippen LogP contribution in [0.3, 0.4) is 0 Å². The lowest BCUT2D eigenvalue weighted by Crippen LogP contribution is -2.22. The fourth-order valence-corrected chi connectivity index (χ4v) is 2.38.